The second kappa shape index (κ2) is 5.27. The van der Waals surface area contributed by atoms with E-state index in [0.717, 1.165) is 0 Å². The van der Waals surface area contributed by atoms with Crippen molar-refractivity contribution < 1.29 is 4.39 Å². The molecular weight excluding hydrogens is 385 g/mol. The Balaban J connectivity index is 3.16. The van der Waals surface area contributed by atoms with Crippen LogP contribution in [0.1, 0.15) is 0 Å². The van der Waals surface area contributed by atoms with E-state index in [2.05, 4.69) is 20.9 Å². The molecule has 0 amide bonds. The van der Waals surface area contributed by atoms with E-state index in [9.17, 15) is 4.39 Å². The molecule has 0 aliphatic carbocycles. The summed E-state index contributed by atoms with van der Waals surface area (Å²) in [6, 6.07) is 2.95. The molecule has 0 unspecified atom stereocenters. The van der Waals surface area contributed by atoms with Gasteiger partial charge in [0, 0.05) is 10.5 Å². The summed E-state index contributed by atoms with van der Waals surface area (Å²) in [5.41, 5.74) is 5.88. The molecule has 0 spiro atoms. The van der Waals surface area contributed by atoms with Crippen molar-refractivity contribution in [2.75, 3.05) is 5.88 Å². The number of aliphatic imine (C=N–C) groups is 1. The molecule has 1 rings (SSSR count). The first-order valence-electron chi connectivity index (χ1n) is 3.58. The number of amidine groups is 1. The van der Waals surface area contributed by atoms with Crippen LogP contribution in [-0.4, -0.2) is 11.7 Å². The molecule has 0 aliphatic rings. The fourth-order valence-electron chi connectivity index (χ4n) is 0.782. The first kappa shape index (κ1) is 12.2. The van der Waals surface area contributed by atoms with Gasteiger partial charge in [0.25, 0.3) is 0 Å². The molecule has 0 saturated heterocycles. The fourth-order valence-corrected chi connectivity index (χ4v) is 2.17. The van der Waals surface area contributed by atoms with Crippen molar-refractivity contribution in [2.24, 2.45) is 10.7 Å². The van der Waals surface area contributed by atoms with Crippen molar-refractivity contribution in [3.8, 4) is 0 Å². The molecular formula is C8H6BrClFIN2. The summed E-state index contributed by atoms with van der Waals surface area (Å²) in [5, 5.41) is 0. The number of rotatable bonds is 2. The van der Waals surface area contributed by atoms with Crippen LogP contribution >= 0.6 is 50.1 Å². The van der Waals surface area contributed by atoms with Crippen LogP contribution in [-0.2, 0) is 0 Å². The predicted octanol–water partition coefficient (Wildman–Crippen LogP) is 3.42. The van der Waals surface area contributed by atoms with Gasteiger partial charge in [-0.15, -0.1) is 11.6 Å². The lowest BCUT2D eigenvalue weighted by Crippen LogP contribution is -2.12. The van der Waals surface area contributed by atoms with E-state index in [1.165, 1.54) is 6.07 Å². The minimum atomic E-state index is -0.324. The van der Waals surface area contributed by atoms with E-state index in [0.29, 0.717) is 13.7 Å². The number of nitrogens with zero attached hydrogens (tertiary/aromatic N) is 1. The van der Waals surface area contributed by atoms with Crippen LogP contribution in [0.2, 0.25) is 0 Å². The van der Waals surface area contributed by atoms with E-state index < -0.39 is 0 Å². The van der Waals surface area contributed by atoms with Gasteiger partial charge in [-0.2, -0.15) is 0 Å². The Labute approximate surface area is 108 Å². The summed E-state index contributed by atoms with van der Waals surface area (Å²) < 4.78 is 14.4. The second-order valence-electron chi connectivity index (χ2n) is 2.45. The van der Waals surface area contributed by atoms with Crippen LogP contribution in [0.3, 0.4) is 0 Å². The van der Waals surface area contributed by atoms with Crippen LogP contribution < -0.4 is 5.73 Å². The van der Waals surface area contributed by atoms with Gasteiger partial charge in [0.15, 0.2) is 0 Å². The Bertz CT molecular complexity index is 384. The molecule has 1 aromatic rings. The van der Waals surface area contributed by atoms with Crippen LogP contribution in [0.4, 0.5) is 10.1 Å². The Morgan fingerprint density at radius 3 is 2.86 bits per heavy atom. The monoisotopic (exact) mass is 390 g/mol. The number of nitrogens with two attached hydrogens (primary N) is 1. The average Bonchev–Trinajstić information content (AvgIpc) is 2.14. The number of alkyl halides is 1. The third-order valence-corrected chi connectivity index (χ3v) is 3.13. The van der Waals surface area contributed by atoms with Crippen molar-refractivity contribution in [2.45, 2.75) is 0 Å². The molecule has 6 heteroatoms. The Kier molecular flexibility index (Phi) is 4.59. The predicted molar refractivity (Wildman–Crippen MR) is 68.8 cm³/mol. The molecule has 0 aromatic heterocycles. The molecule has 14 heavy (non-hydrogen) atoms. The molecule has 0 aliphatic heterocycles. The summed E-state index contributed by atoms with van der Waals surface area (Å²) >= 11 is 10.6. The summed E-state index contributed by atoms with van der Waals surface area (Å²) in [6.07, 6.45) is 0. The van der Waals surface area contributed by atoms with Gasteiger partial charge >= 0.3 is 0 Å². The summed E-state index contributed by atoms with van der Waals surface area (Å²) in [7, 11) is 0. The number of hydrogen-bond acceptors (Lipinski definition) is 1. The molecule has 0 atom stereocenters. The second-order valence-corrected chi connectivity index (χ2v) is 4.74. The summed E-state index contributed by atoms with van der Waals surface area (Å²) in [6.45, 7) is 0. The Hall–Kier alpha value is 0.120. The zero-order valence-electron chi connectivity index (χ0n) is 6.90. The number of hydrogen-bond donors (Lipinski definition) is 1. The van der Waals surface area contributed by atoms with Crippen molar-refractivity contribution in [3.63, 3.8) is 0 Å². The maximum atomic E-state index is 13.1. The van der Waals surface area contributed by atoms with Crippen molar-refractivity contribution >= 4 is 61.6 Å². The maximum absolute atomic E-state index is 13.1. The van der Waals surface area contributed by atoms with Gasteiger partial charge in [-0.25, -0.2) is 9.38 Å². The van der Waals surface area contributed by atoms with Gasteiger partial charge < -0.3 is 5.73 Å². The maximum Gasteiger partial charge on any atom is 0.138 e. The lowest BCUT2D eigenvalue weighted by molar-refractivity contribution is 0.620. The van der Waals surface area contributed by atoms with Crippen LogP contribution in [0.25, 0.3) is 0 Å². The molecule has 2 N–H and O–H groups in total. The largest absolute Gasteiger partial charge is 0.386 e. The molecule has 0 saturated carbocycles. The van der Waals surface area contributed by atoms with Crippen molar-refractivity contribution in [1.29, 1.82) is 0 Å². The van der Waals surface area contributed by atoms with Crippen LogP contribution in [0, 0.1) is 9.39 Å². The quantitative estimate of drug-likeness (QED) is 0.271. The van der Waals surface area contributed by atoms with E-state index in [4.69, 9.17) is 17.3 Å². The third-order valence-electron chi connectivity index (χ3n) is 1.39. The SMILES string of the molecule is NC(CCl)=Nc1cc(F)c(I)cc1Br. The molecule has 0 fully saturated rings. The molecule has 1 aromatic carbocycles. The van der Waals surface area contributed by atoms with E-state index in [1.807, 2.05) is 22.6 Å². The highest BCUT2D eigenvalue weighted by molar-refractivity contribution is 14.1. The molecule has 2 nitrogen and oxygen atoms in total. The molecule has 76 valence electrons. The number of halogens is 4. The Morgan fingerprint density at radius 1 is 1.64 bits per heavy atom. The Morgan fingerprint density at radius 2 is 2.29 bits per heavy atom. The summed E-state index contributed by atoms with van der Waals surface area (Å²) in [5.74, 6) is 0.0583. The minimum absolute atomic E-state index is 0.125. The molecule has 0 radical (unpaired) electrons. The zero-order valence-corrected chi connectivity index (χ0v) is 11.4. The molecule has 0 heterocycles. The first-order chi connectivity index (χ1) is 6.54. The molecule has 0 bridgehead atoms. The van der Waals surface area contributed by atoms with Gasteiger partial charge in [-0.3, -0.25) is 0 Å². The van der Waals surface area contributed by atoms with E-state index >= 15 is 0 Å². The van der Waals surface area contributed by atoms with Gasteiger partial charge in [0.1, 0.15) is 11.7 Å². The highest BCUT2D eigenvalue weighted by atomic mass is 127. The van der Waals surface area contributed by atoms with Gasteiger partial charge in [-0.1, -0.05) is 0 Å². The lowest BCUT2D eigenvalue weighted by atomic mass is 10.3. The van der Waals surface area contributed by atoms with Crippen molar-refractivity contribution in [3.05, 3.63) is 26.0 Å². The standard InChI is InChI=1S/C8H6BrClFIN2/c9-4-1-6(12)5(11)2-7(4)14-8(13)3-10/h1-2H,3H2,(H2,13,14). The van der Waals surface area contributed by atoms with Gasteiger partial charge in [-0.05, 0) is 44.6 Å². The topological polar surface area (TPSA) is 38.4 Å². The van der Waals surface area contributed by atoms with E-state index in [-0.39, 0.29) is 17.5 Å². The normalized spacial score (nSPS) is 11.9. The smallest absolute Gasteiger partial charge is 0.138 e. The zero-order chi connectivity index (χ0) is 10.7. The number of benzene rings is 1. The first-order valence-corrected chi connectivity index (χ1v) is 5.98. The highest BCUT2D eigenvalue weighted by Gasteiger charge is 2.05. The summed E-state index contributed by atoms with van der Waals surface area (Å²) in [4.78, 5) is 3.95. The van der Waals surface area contributed by atoms with Crippen LogP contribution in [0.15, 0.2) is 21.6 Å². The van der Waals surface area contributed by atoms with Crippen molar-refractivity contribution in [1.82, 2.24) is 0 Å². The average molecular weight is 391 g/mol. The van der Waals surface area contributed by atoms with Crippen LogP contribution in [0.5, 0.6) is 0 Å². The highest BCUT2D eigenvalue weighted by Crippen LogP contribution is 2.29. The lowest BCUT2D eigenvalue weighted by Gasteiger charge is -2.02. The van der Waals surface area contributed by atoms with Gasteiger partial charge in [0.05, 0.1) is 15.1 Å². The fraction of sp³-hybridized carbons (Fsp3) is 0.125. The third kappa shape index (κ3) is 3.06. The van der Waals surface area contributed by atoms with E-state index in [1.54, 1.807) is 6.07 Å². The van der Waals surface area contributed by atoms with Gasteiger partial charge in [0.2, 0.25) is 0 Å². The minimum Gasteiger partial charge on any atom is -0.386 e.